The van der Waals surface area contributed by atoms with Crippen molar-refractivity contribution in [2.75, 3.05) is 13.2 Å². The molecule has 1 aliphatic rings. The Bertz CT molecular complexity index is 615. The lowest BCUT2D eigenvalue weighted by atomic mass is 9.96. The zero-order valence-corrected chi connectivity index (χ0v) is 17.6. The highest BCUT2D eigenvalue weighted by atomic mass is 31.2. The van der Waals surface area contributed by atoms with Crippen LogP contribution in [0.25, 0.3) is 0 Å². The van der Waals surface area contributed by atoms with Crippen molar-refractivity contribution in [3.8, 4) is 0 Å². The van der Waals surface area contributed by atoms with Crippen molar-refractivity contribution >= 4 is 13.8 Å². The van der Waals surface area contributed by atoms with Crippen LogP contribution >= 0.6 is 7.82 Å². The van der Waals surface area contributed by atoms with E-state index in [-0.39, 0.29) is 0 Å². The second-order valence-electron chi connectivity index (χ2n) is 7.01. The number of hydrogen-bond donors (Lipinski definition) is 9. The van der Waals surface area contributed by atoms with Crippen LogP contribution in [0.1, 0.15) is 13.8 Å². The number of nitrogens with two attached hydrogens (primary N) is 1. The van der Waals surface area contributed by atoms with E-state index in [9.17, 15) is 49.8 Å². The van der Waals surface area contributed by atoms with Crippen molar-refractivity contribution < 1.29 is 68.5 Å². The molecule has 31 heavy (non-hydrogen) atoms. The van der Waals surface area contributed by atoms with Crippen LogP contribution in [0.15, 0.2) is 0 Å². The molecule has 6 unspecified atom stereocenters. The number of aliphatic hydroxyl groups excluding tert-OH is 6. The minimum Gasteiger partial charge on any atom is -0.457 e. The normalized spacial score (nSPS) is 32.0. The van der Waals surface area contributed by atoms with Crippen LogP contribution in [0.5, 0.6) is 0 Å². The van der Waals surface area contributed by atoms with Gasteiger partial charge in [-0.3, -0.25) is 9.32 Å². The largest absolute Gasteiger partial charge is 0.470 e. The summed E-state index contributed by atoms with van der Waals surface area (Å²) < 4.78 is 31.5. The average molecular weight is 479 g/mol. The van der Waals surface area contributed by atoms with Crippen LogP contribution in [0.2, 0.25) is 0 Å². The van der Waals surface area contributed by atoms with Gasteiger partial charge in [0, 0.05) is 6.92 Å². The third-order valence-electron chi connectivity index (χ3n) is 4.50. The number of phosphoric ester groups is 1. The predicted octanol–water partition coefficient (Wildman–Crippen LogP) is -4.72. The van der Waals surface area contributed by atoms with Gasteiger partial charge in [-0.15, -0.1) is 0 Å². The molecule has 1 rings (SSSR count). The Morgan fingerprint density at radius 2 is 1.74 bits per heavy atom. The minimum absolute atomic E-state index is 0.774. The molecule has 0 spiro atoms. The molecule has 1 heterocycles. The van der Waals surface area contributed by atoms with Gasteiger partial charge in [-0.2, -0.15) is 0 Å². The highest BCUT2D eigenvalue weighted by Gasteiger charge is 2.49. The van der Waals surface area contributed by atoms with E-state index in [1.165, 1.54) is 0 Å². The summed E-state index contributed by atoms with van der Waals surface area (Å²) in [6.07, 6.45) is -15.7. The Morgan fingerprint density at radius 3 is 2.16 bits per heavy atom. The van der Waals surface area contributed by atoms with E-state index < -0.39 is 88.2 Å². The SMILES string of the molecule is CC(=O)O[C@H](CO)C(OP(=O)(O)O)C(O[C@H]1OC(CO)[C@@H](O)C(O)C1N)[C@@H](O)C(C)O. The zero-order valence-electron chi connectivity index (χ0n) is 16.7. The van der Waals surface area contributed by atoms with Gasteiger partial charge in [0.1, 0.15) is 36.6 Å². The third-order valence-corrected chi connectivity index (χ3v) is 5.02. The molecule has 0 aliphatic carbocycles. The summed E-state index contributed by atoms with van der Waals surface area (Å²) >= 11 is 0. The van der Waals surface area contributed by atoms with Gasteiger partial charge in [0.25, 0.3) is 0 Å². The molecule has 0 amide bonds. The van der Waals surface area contributed by atoms with E-state index >= 15 is 0 Å². The molecule has 10 atom stereocenters. The maximum atomic E-state index is 11.5. The highest BCUT2D eigenvalue weighted by Crippen LogP contribution is 2.41. The van der Waals surface area contributed by atoms with Crippen LogP contribution < -0.4 is 5.73 Å². The van der Waals surface area contributed by atoms with Crippen molar-refractivity contribution in [1.82, 2.24) is 0 Å². The van der Waals surface area contributed by atoms with Crippen molar-refractivity contribution in [3.63, 3.8) is 0 Å². The molecule has 0 bridgehead atoms. The molecule has 1 fully saturated rings. The van der Waals surface area contributed by atoms with Crippen molar-refractivity contribution in [2.24, 2.45) is 5.73 Å². The number of ether oxygens (including phenoxy) is 3. The lowest BCUT2D eigenvalue weighted by Gasteiger charge is -2.44. The molecule has 0 saturated carbocycles. The Labute approximate surface area is 177 Å². The summed E-state index contributed by atoms with van der Waals surface area (Å²) in [5, 5.41) is 59.0. The quantitative estimate of drug-likeness (QED) is 0.0995. The van der Waals surface area contributed by atoms with Crippen LogP contribution in [0.3, 0.4) is 0 Å². The molecule has 1 saturated heterocycles. The second-order valence-corrected chi connectivity index (χ2v) is 8.20. The third kappa shape index (κ3) is 7.94. The summed E-state index contributed by atoms with van der Waals surface area (Å²) in [6.45, 7) is 0.215. The fourth-order valence-electron chi connectivity index (χ4n) is 2.93. The topological polar surface area (TPSA) is 259 Å². The van der Waals surface area contributed by atoms with Crippen LogP contribution in [0.4, 0.5) is 0 Å². The molecule has 0 aromatic rings. The van der Waals surface area contributed by atoms with Crippen LogP contribution in [-0.2, 0) is 28.1 Å². The first-order valence-electron chi connectivity index (χ1n) is 9.15. The van der Waals surface area contributed by atoms with Gasteiger partial charge >= 0.3 is 13.8 Å². The average Bonchev–Trinajstić information content (AvgIpc) is 2.67. The molecule has 16 heteroatoms. The Morgan fingerprint density at radius 1 is 1.16 bits per heavy atom. The summed E-state index contributed by atoms with van der Waals surface area (Å²) in [7, 11) is -5.34. The van der Waals surface area contributed by atoms with Gasteiger partial charge in [0.05, 0.1) is 25.4 Å². The maximum Gasteiger partial charge on any atom is 0.470 e. The van der Waals surface area contributed by atoms with Gasteiger partial charge in [-0.25, -0.2) is 4.57 Å². The van der Waals surface area contributed by atoms with Crippen molar-refractivity contribution in [2.45, 2.75) is 75.0 Å². The molecular formula is C15H30NO14P. The standard InChI is InChI=1S/C15H30NO14P/c1-5(19)10(21)14(13(30-31(24,25)26)8(4-18)27-6(2)20)29-15-9(16)12(23)11(22)7(3-17)28-15/h5,7-15,17-19,21-23H,3-4,16H2,1-2H3,(H2,24,25,26)/t5?,7?,8-,9?,10+,11-,12?,13?,14?,15-/m1/s1. The smallest absolute Gasteiger partial charge is 0.457 e. The van der Waals surface area contributed by atoms with E-state index in [4.69, 9.17) is 19.9 Å². The Balaban J connectivity index is 3.34. The molecule has 184 valence electrons. The predicted molar refractivity (Wildman–Crippen MR) is 97.9 cm³/mol. The van der Waals surface area contributed by atoms with Crippen molar-refractivity contribution in [1.29, 1.82) is 0 Å². The number of rotatable bonds is 11. The first kappa shape index (κ1) is 28.3. The van der Waals surface area contributed by atoms with Gasteiger partial charge in [-0.05, 0) is 6.92 Å². The minimum atomic E-state index is -5.34. The maximum absolute atomic E-state index is 11.5. The number of carbonyl (C=O) groups is 1. The molecule has 0 aromatic heterocycles. The molecule has 15 nitrogen and oxygen atoms in total. The lowest BCUT2D eigenvalue weighted by molar-refractivity contribution is -0.300. The first-order chi connectivity index (χ1) is 14.2. The first-order valence-corrected chi connectivity index (χ1v) is 10.7. The summed E-state index contributed by atoms with van der Waals surface area (Å²) in [6, 6.07) is -1.49. The number of phosphoric acid groups is 1. The van der Waals surface area contributed by atoms with Crippen LogP contribution in [0, 0.1) is 0 Å². The molecule has 0 radical (unpaired) electrons. The lowest BCUT2D eigenvalue weighted by Crippen LogP contribution is -2.65. The van der Waals surface area contributed by atoms with E-state index in [1.807, 2.05) is 0 Å². The monoisotopic (exact) mass is 479 g/mol. The van der Waals surface area contributed by atoms with Gasteiger partial charge in [0.2, 0.25) is 0 Å². The van der Waals surface area contributed by atoms with E-state index in [0.717, 1.165) is 13.8 Å². The van der Waals surface area contributed by atoms with E-state index in [2.05, 4.69) is 4.52 Å². The summed E-state index contributed by atoms with van der Waals surface area (Å²) in [5.41, 5.74) is 5.76. The van der Waals surface area contributed by atoms with Crippen LogP contribution in [-0.4, -0.2) is 121 Å². The number of hydrogen-bond acceptors (Lipinski definition) is 13. The van der Waals surface area contributed by atoms with Crippen molar-refractivity contribution in [3.05, 3.63) is 0 Å². The summed E-state index contributed by atoms with van der Waals surface area (Å²) in [4.78, 5) is 29.9. The van der Waals surface area contributed by atoms with Gasteiger partial charge < -0.3 is 60.4 Å². The Kier molecular flexibility index (Phi) is 10.8. The number of esters is 1. The number of carbonyl (C=O) groups excluding carboxylic acids is 1. The molecule has 0 aromatic carbocycles. The van der Waals surface area contributed by atoms with E-state index in [0.29, 0.717) is 0 Å². The second kappa shape index (κ2) is 11.9. The van der Waals surface area contributed by atoms with Gasteiger partial charge in [-0.1, -0.05) is 0 Å². The van der Waals surface area contributed by atoms with Gasteiger partial charge in [0.15, 0.2) is 12.4 Å². The Hall–Kier alpha value is -0.780. The number of aliphatic hydroxyl groups is 6. The fraction of sp³-hybridized carbons (Fsp3) is 0.933. The zero-order chi connectivity index (χ0) is 24.1. The highest BCUT2D eigenvalue weighted by molar-refractivity contribution is 7.46. The molecule has 1 aliphatic heterocycles. The summed E-state index contributed by atoms with van der Waals surface area (Å²) in [5.74, 6) is -0.979. The molecule has 10 N–H and O–H groups in total. The fourth-order valence-corrected chi connectivity index (χ4v) is 3.50. The van der Waals surface area contributed by atoms with E-state index in [1.54, 1.807) is 0 Å². The molecular weight excluding hydrogens is 449 g/mol.